The molecule has 2 amide bonds. The zero-order chi connectivity index (χ0) is 23.6. The van der Waals surface area contributed by atoms with Crippen LogP contribution in [-0.2, 0) is 11.2 Å². The molecule has 0 saturated carbocycles. The van der Waals surface area contributed by atoms with Crippen molar-refractivity contribution in [3.05, 3.63) is 87.2 Å². The summed E-state index contributed by atoms with van der Waals surface area (Å²) in [6, 6.07) is 16.8. The molecular formula is C26H28N2O4S. The second-order valence-corrected chi connectivity index (χ2v) is 8.43. The van der Waals surface area contributed by atoms with Crippen LogP contribution in [0.4, 0.5) is 0 Å². The molecule has 2 aromatic carbocycles. The molecule has 2 N–H and O–H groups in total. The number of methoxy groups -OCH3 is 2. The Morgan fingerprint density at radius 3 is 2.52 bits per heavy atom. The molecule has 0 aliphatic heterocycles. The molecule has 3 aromatic rings. The zero-order valence-electron chi connectivity index (χ0n) is 19.0. The van der Waals surface area contributed by atoms with E-state index in [1.807, 2.05) is 54.8 Å². The number of hydrogen-bond donors (Lipinski definition) is 2. The summed E-state index contributed by atoms with van der Waals surface area (Å²) in [6.07, 6.45) is 3.20. The highest BCUT2D eigenvalue weighted by atomic mass is 32.1. The number of nitrogens with one attached hydrogen (secondary N) is 2. The number of aryl methyl sites for hydroxylation is 2. The lowest BCUT2D eigenvalue weighted by Crippen LogP contribution is -2.35. The van der Waals surface area contributed by atoms with E-state index < -0.39 is 0 Å². The number of amides is 2. The first-order valence-electron chi connectivity index (χ1n) is 10.6. The Morgan fingerprint density at radius 2 is 1.82 bits per heavy atom. The van der Waals surface area contributed by atoms with E-state index in [2.05, 4.69) is 10.6 Å². The molecule has 6 nitrogen and oxygen atoms in total. The van der Waals surface area contributed by atoms with Gasteiger partial charge in [0, 0.05) is 17.0 Å². The summed E-state index contributed by atoms with van der Waals surface area (Å²) in [6.45, 7) is 2.39. The molecule has 0 unspecified atom stereocenters. The molecule has 33 heavy (non-hydrogen) atoms. The van der Waals surface area contributed by atoms with Crippen LogP contribution in [0, 0.1) is 6.92 Å². The maximum atomic E-state index is 12.9. The normalized spacial score (nSPS) is 11.1. The summed E-state index contributed by atoms with van der Waals surface area (Å²) in [7, 11) is 3.21. The van der Waals surface area contributed by atoms with E-state index in [0.29, 0.717) is 23.6 Å². The van der Waals surface area contributed by atoms with Gasteiger partial charge in [-0.1, -0.05) is 29.8 Å². The first-order valence-corrected chi connectivity index (χ1v) is 11.5. The first-order chi connectivity index (χ1) is 16.0. The average molecular weight is 465 g/mol. The largest absolute Gasteiger partial charge is 0.493 e. The lowest BCUT2D eigenvalue weighted by atomic mass is 10.1. The Bertz CT molecular complexity index is 1120. The van der Waals surface area contributed by atoms with Gasteiger partial charge >= 0.3 is 0 Å². The molecule has 0 atom stereocenters. The summed E-state index contributed by atoms with van der Waals surface area (Å²) in [5, 5.41) is 7.61. The van der Waals surface area contributed by atoms with Crippen LogP contribution in [0.5, 0.6) is 11.5 Å². The van der Waals surface area contributed by atoms with Crippen LogP contribution in [0.3, 0.4) is 0 Å². The van der Waals surface area contributed by atoms with Gasteiger partial charge in [-0.05, 0) is 67.1 Å². The molecule has 0 fully saturated rings. The predicted molar refractivity (Wildman–Crippen MR) is 132 cm³/mol. The van der Waals surface area contributed by atoms with Crippen molar-refractivity contribution >= 4 is 29.2 Å². The number of rotatable bonds is 10. The second-order valence-electron chi connectivity index (χ2n) is 7.45. The van der Waals surface area contributed by atoms with Gasteiger partial charge < -0.3 is 20.1 Å². The number of thiophene rings is 1. The molecule has 0 aliphatic carbocycles. The van der Waals surface area contributed by atoms with Gasteiger partial charge in [0.1, 0.15) is 5.70 Å². The van der Waals surface area contributed by atoms with E-state index >= 15 is 0 Å². The van der Waals surface area contributed by atoms with Crippen molar-refractivity contribution in [2.75, 3.05) is 20.8 Å². The average Bonchev–Trinajstić information content (AvgIpc) is 3.34. The predicted octanol–water partition coefficient (Wildman–Crippen LogP) is 4.59. The highest BCUT2D eigenvalue weighted by molar-refractivity contribution is 7.10. The Labute approximate surface area is 198 Å². The number of ether oxygens (including phenoxy) is 2. The highest BCUT2D eigenvalue weighted by Crippen LogP contribution is 2.27. The van der Waals surface area contributed by atoms with Gasteiger partial charge in [0.2, 0.25) is 0 Å². The van der Waals surface area contributed by atoms with E-state index in [1.54, 1.807) is 32.4 Å². The molecule has 1 heterocycles. The van der Waals surface area contributed by atoms with Crippen molar-refractivity contribution in [3.63, 3.8) is 0 Å². The molecule has 0 radical (unpaired) electrons. The standard InChI is InChI=1S/C26H28N2O4S/c1-18-7-4-9-20(15-18)25(29)28-22(17-21-10-6-14-33-21)26(30)27-13-5-8-19-11-12-23(31-2)24(16-19)32-3/h4,6-7,9-12,14-17H,5,8,13H2,1-3H3,(H,27,30)(H,28,29)/b22-17-. The molecule has 172 valence electrons. The third-order valence-electron chi connectivity index (χ3n) is 4.98. The number of carbonyl (C=O) groups is 2. The summed E-state index contributed by atoms with van der Waals surface area (Å²) in [4.78, 5) is 26.5. The quantitative estimate of drug-likeness (QED) is 0.340. The second kappa shape index (κ2) is 11.9. The number of hydrogen-bond acceptors (Lipinski definition) is 5. The first kappa shape index (κ1) is 24.1. The topological polar surface area (TPSA) is 76.7 Å². The Balaban J connectivity index is 1.61. The Morgan fingerprint density at radius 1 is 1.00 bits per heavy atom. The summed E-state index contributed by atoms with van der Waals surface area (Å²) in [5.74, 6) is 0.722. The van der Waals surface area contributed by atoms with Crippen molar-refractivity contribution in [3.8, 4) is 11.5 Å². The van der Waals surface area contributed by atoms with Crippen LogP contribution >= 0.6 is 11.3 Å². The fraction of sp³-hybridized carbons (Fsp3) is 0.231. The fourth-order valence-corrected chi connectivity index (χ4v) is 3.94. The molecule has 3 rings (SSSR count). The molecule has 0 bridgehead atoms. The monoisotopic (exact) mass is 464 g/mol. The van der Waals surface area contributed by atoms with Crippen molar-refractivity contribution < 1.29 is 19.1 Å². The molecular weight excluding hydrogens is 436 g/mol. The van der Waals surface area contributed by atoms with Crippen molar-refractivity contribution in [2.24, 2.45) is 0 Å². The van der Waals surface area contributed by atoms with Crippen LogP contribution in [0.1, 0.15) is 32.8 Å². The lowest BCUT2D eigenvalue weighted by molar-refractivity contribution is -0.117. The van der Waals surface area contributed by atoms with Crippen LogP contribution < -0.4 is 20.1 Å². The minimum Gasteiger partial charge on any atom is -0.493 e. The molecule has 1 aromatic heterocycles. The summed E-state index contributed by atoms with van der Waals surface area (Å²) in [5.41, 5.74) is 2.79. The van der Waals surface area contributed by atoms with Gasteiger partial charge in [-0.15, -0.1) is 11.3 Å². The zero-order valence-corrected chi connectivity index (χ0v) is 19.8. The summed E-state index contributed by atoms with van der Waals surface area (Å²) >= 11 is 1.50. The van der Waals surface area contributed by atoms with Crippen LogP contribution in [0.25, 0.3) is 6.08 Å². The van der Waals surface area contributed by atoms with Gasteiger partial charge in [0.25, 0.3) is 11.8 Å². The van der Waals surface area contributed by atoms with Crippen LogP contribution in [-0.4, -0.2) is 32.6 Å². The van der Waals surface area contributed by atoms with Gasteiger partial charge in [0.15, 0.2) is 11.5 Å². The maximum Gasteiger partial charge on any atom is 0.267 e. The summed E-state index contributed by atoms with van der Waals surface area (Å²) < 4.78 is 10.6. The molecule has 7 heteroatoms. The van der Waals surface area contributed by atoms with E-state index in [1.165, 1.54) is 11.3 Å². The van der Waals surface area contributed by atoms with E-state index in [9.17, 15) is 9.59 Å². The van der Waals surface area contributed by atoms with Crippen LogP contribution in [0.15, 0.2) is 65.7 Å². The van der Waals surface area contributed by atoms with Crippen molar-refractivity contribution in [1.82, 2.24) is 10.6 Å². The highest BCUT2D eigenvalue weighted by Gasteiger charge is 2.15. The van der Waals surface area contributed by atoms with Crippen molar-refractivity contribution in [2.45, 2.75) is 19.8 Å². The third kappa shape index (κ3) is 6.95. The smallest absolute Gasteiger partial charge is 0.267 e. The van der Waals surface area contributed by atoms with Gasteiger partial charge in [-0.3, -0.25) is 9.59 Å². The molecule has 0 spiro atoms. The Hall–Kier alpha value is -3.58. The van der Waals surface area contributed by atoms with E-state index in [4.69, 9.17) is 9.47 Å². The maximum absolute atomic E-state index is 12.9. The van der Waals surface area contributed by atoms with Gasteiger partial charge in [-0.25, -0.2) is 0 Å². The lowest BCUT2D eigenvalue weighted by Gasteiger charge is -2.12. The SMILES string of the molecule is COc1ccc(CCCNC(=O)/C(=C/c2cccs2)NC(=O)c2cccc(C)c2)cc1OC. The van der Waals surface area contributed by atoms with E-state index in [-0.39, 0.29) is 17.5 Å². The van der Waals surface area contributed by atoms with Gasteiger partial charge in [-0.2, -0.15) is 0 Å². The molecule has 0 aliphatic rings. The Kier molecular flexibility index (Phi) is 8.66. The van der Waals surface area contributed by atoms with Crippen LogP contribution in [0.2, 0.25) is 0 Å². The number of carbonyl (C=O) groups excluding carboxylic acids is 2. The third-order valence-corrected chi connectivity index (χ3v) is 5.80. The minimum absolute atomic E-state index is 0.218. The van der Waals surface area contributed by atoms with E-state index in [0.717, 1.165) is 28.8 Å². The fourth-order valence-electron chi connectivity index (χ4n) is 3.28. The number of benzene rings is 2. The molecule has 0 saturated heterocycles. The minimum atomic E-state index is -0.322. The van der Waals surface area contributed by atoms with Gasteiger partial charge in [0.05, 0.1) is 14.2 Å². The van der Waals surface area contributed by atoms with Crippen molar-refractivity contribution in [1.29, 1.82) is 0 Å².